The van der Waals surface area contributed by atoms with E-state index in [1.54, 1.807) is 0 Å². The molecule has 2 amide bonds. The number of aromatic nitrogens is 3. The van der Waals surface area contributed by atoms with Crippen molar-refractivity contribution in [3.05, 3.63) is 40.5 Å². The predicted octanol–water partition coefficient (Wildman–Crippen LogP) is 3.34. The highest BCUT2D eigenvalue weighted by molar-refractivity contribution is 7.16. The van der Waals surface area contributed by atoms with Gasteiger partial charge in [0, 0.05) is 12.5 Å². The molecule has 36 heavy (non-hydrogen) atoms. The molecule has 0 bridgehead atoms. The quantitative estimate of drug-likeness (QED) is 0.556. The number of hydrogen-bond donors (Lipinski definition) is 1. The Morgan fingerprint density at radius 2 is 1.83 bits per heavy atom. The van der Waals surface area contributed by atoms with E-state index in [4.69, 9.17) is 14.2 Å². The van der Waals surface area contributed by atoms with E-state index in [1.165, 1.54) is 38.4 Å². The Labute approximate surface area is 206 Å². The number of alkyl halides is 3. The number of methoxy groups -OCH3 is 2. The van der Waals surface area contributed by atoms with Gasteiger partial charge in [-0.15, -0.1) is 0 Å². The van der Waals surface area contributed by atoms with E-state index in [0.717, 1.165) is 23.5 Å². The van der Waals surface area contributed by atoms with Gasteiger partial charge in [0.15, 0.2) is 16.3 Å². The van der Waals surface area contributed by atoms with Crippen LogP contribution < -0.4 is 19.5 Å². The number of nitrogens with zero attached hydrogens (tertiary/aromatic N) is 4. The molecule has 1 fully saturated rings. The average molecular weight is 521 g/mol. The molecule has 1 N–H and O–H groups in total. The number of ether oxygens (including phenoxy) is 3. The van der Waals surface area contributed by atoms with Crippen LogP contribution in [0.3, 0.4) is 0 Å². The lowest BCUT2D eigenvalue weighted by Crippen LogP contribution is -2.64. The molecule has 14 heteroatoms. The van der Waals surface area contributed by atoms with Gasteiger partial charge in [0.1, 0.15) is 12.1 Å². The third-order valence-corrected chi connectivity index (χ3v) is 7.02. The highest BCUT2D eigenvalue weighted by Gasteiger charge is 2.54. The second-order valence-electron chi connectivity index (χ2n) is 8.10. The molecule has 2 aliphatic heterocycles. The van der Waals surface area contributed by atoms with Gasteiger partial charge >= 0.3 is 6.18 Å². The summed E-state index contributed by atoms with van der Waals surface area (Å²) in [6.07, 6.45) is -3.38. The molecule has 0 atom stereocenters. The minimum Gasteiger partial charge on any atom is -0.480 e. The lowest BCUT2D eigenvalue weighted by molar-refractivity contribution is -0.150. The SMILES string of the molecule is COc1ncnc(OC)c1C(=O)Nc1nc2c(s1)C1(CN(C(C)=O)C1)Oc1cc(C(F)(F)F)ccc1-2. The molecule has 0 aliphatic carbocycles. The maximum Gasteiger partial charge on any atom is 0.416 e. The number of amides is 2. The van der Waals surface area contributed by atoms with Gasteiger partial charge in [0.05, 0.1) is 43.4 Å². The second-order valence-corrected chi connectivity index (χ2v) is 9.10. The molecule has 4 heterocycles. The Balaban J connectivity index is 1.55. The molecule has 3 aromatic rings. The Morgan fingerprint density at radius 1 is 1.17 bits per heavy atom. The normalized spacial score (nSPS) is 15.3. The van der Waals surface area contributed by atoms with Crippen molar-refractivity contribution in [3.8, 4) is 28.8 Å². The summed E-state index contributed by atoms with van der Waals surface area (Å²) in [7, 11) is 2.68. The van der Waals surface area contributed by atoms with Gasteiger partial charge in [-0.1, -0.05) is 11.3 Å². The van der Waals surface area contributed by atoms with Gasteiger partial charge in [0.25, 0.3) is 5.91 Å². The Bertz CT molecular complexity index is 1360. The number of nitrogens with one attached hydrogen (secondary N) is 1. The van der Waals surface area contributed by atoms with Crippen molar-refractivity contribution in [2.45, 2.75) is 18.7 Å². The number of halogens is 3. The Kier molecular flexibility index (Phi) is 5.50. The molecule has 0 radical (unpaired) electrons. The number of carbonyl (C=O) groups is 2. The van der Waals surface area contributed by atoms with Crippen molar-refractivity contribution in [2.24, 2.45) is 0 Å². The van der Waals surface area contributed by atoms with Crippen LogP contribution in [-0.2, 0) is 16.6 Å². The Morgan fingerprint density at radius 3 is 2.42 bits per heavy atom. The van der Waals surface area contributed by atoms with E-state index >= 15 is 0 Å². The lowest BCUT2D eigenvalue weighted by atomic mass is 9.86. The van der Waals surface area contributed by atoms with E-state index in [9.17, 15) is 22.8 Å². The number of rotatable bonds is 4. The zero-order valence-corrected chi connectivity index (χ0v) is 19.9. The maximum absolute atomic E-state index is 13.3. The first-order valence-corrected chi connectivity index (χ1v) is 11.3. The minimum atomic E-state index is -4.56. The molecule has 2 aliphatic rings. The van der Waals surface area contributed by atoms with Crippen molar-refractivity contribution < 1.29 is 37.0 Å². The fourth-order valence-electron chi connectivity index (χ4n) is 4.12. The molecular weight excluding hydrogens is 503 g/mol. The summed E-state index contributed by atoms with van der Waals surface area (Å²) >= 11 is 1.10. The van der Waals surface area contributed by atoms with Crippen LogP contribution in [0.25, 0.3) is 11.3 Å². The van der Waals surface area contributed by atoms with Gasteiger partial charge in [-0.05, 0) is 18.2 Å². The predicted molar refractivity (Wildman–Crippen MR) is 120 cm³/mol. The summed E-state index contributed by atoms with van der Waals surface area (Å²) in [6.45, 7) is 1.66. The van der Waals surface area contributed by atoms with Crippen molar-refractivity contribution in [1.82, 2.24) is 19.9 Å². The zero-order chi connectivity index (χ0) is 25.8. The molecule has 2 aromatic heterocycles. The largest absolute Gasteiger partial charge is 0.480 e. The molecule has 0 saturated carbocycles. The molecule has 1 aromatic carbocycles. The van der Waals surface area contributed by atoms with Crippen LogP contribution in [0.15, 0.2) is 24.5 Å². The number of anilines is 1. The highest BCUT2D eigenvalue weighted by atomic mass is 32.1. The van der Waals surface area contributed by atoms with Gasteiger partial charge < -0.3 is 19.1 Å². The number of thiazole rings is 1. The zero-order valence-electron chi connectivity index (χ0n) is 19.1. The number of hydrogen-bond acceptors (Lipinski definition) is 9. The average Bonchev–Trinajstić information content (AvgIpc) is 3.24. The number of carbonyl (C=O) groups excluding carboxylic acids is 2. The van der Waals surface area contributed by atoms with Crippen LogP contribution in [0.1, 0.15) is 27.7 Å². The first-order chi connectivity index (χ1) is 17.1. The number of benzene rings is 1. The topological polar surface area (TPSA) is 116 Å². The lowest BCUT2D eigenvalue weighted by Gasteiger charge is -2.50. The standard InChI is InChI=1S/C22H18F3N5O5S/c1-10(31)30-7-21(8-30)16-15(12-5-4-11(22(23,24)25)6-13(12)35-21)28-20(36-16)29-17(32)14-18(33-2)26-9-27-19(14)34-3/h4-6,9H,7-8H2,1-3H3,(H,28,29,32). The molecule has 5 rings (SSSR count). The van der Waals surface area contributed by atoms with Gasteiger partial charge in [0.2, 0.25) is 17.7 Å². The van der Waals surface area contributed by atoms with Crippen molar-refractivity contribution >= 4 is 28.3 Å². The summed E-state index contributed by atoms with van der Waals surface area (Å²) in [5, 5.41) is 2.83. The third-order valence-electron chi connectivity index (χ3n) is 5.86. The van der Waals surface area contributed by atoms with Crippen LogP contribution in [0.4, 0.5) is 18.3 Å². The monoisotopic (exact) mass is 521 g/mol. The van der Waals surface area contributed by atoms with Crippen LogP contribution in [-0.4, -0.2) is 59.0 Å². The third kappa shape index (κ3) is 3.77. The summed E-state index contributed by atoms with van der Waals surface area (Å²) in [5.74, 6) is -0.870. The highest BCUT2D eigenvalue weighted by Crippen LogP contribution is 2.53. The summed E-state index contributed by atoms with van der Waals surface area (Å²) < 4.78 is 56.4. The molecular formula is C22H18F3N5O5S. The van der Waals surface area contributed by atoms with Crippen molar-refractivity contribution in [3.63, 3.8) is 0 Å². The first-order valence-electron chi connectivity index (χ1n) is 10.5. The van der Waals surface area contributed by atoms with E-state index in [2.05, 4.69) is 20.3 Å². The van der Waals surface area contributed by atoms with Crippen LogP contribution in [0, 0.1) is 0 Å². The fourth-order valence-corrected chi connectivity index (χ4v) is 5.20. The molecule has 0 unspecified atom stereocenters. The van der Waals surface area contributed by atoms with Crippen molar-refractivity contribution in [2.75, 3.05) is 32.6 Å². The van der Waals surface area contributed by atoms with Crippen LogP contribution >= 0.6 is 11.3 Å². The summed E-state index contributed by atoms with van der Waals surface area (Å²) in [4.78, 5) is 39.4. The molecule has 1 saturated heterocycles. The number of likely N-dealkylation sites (tertiary alicyclic amines) is 1. The summed E-state index contributed by atoms with van der Waals surface area (Å²) in [6, 6.07) is 3.15. The smallest absolute Gasteiger partial charge is 0.416 e. The molecule has 10 nitrogen and oxygen atoms in total. The van der Waals surface area contributed by atoms with E-state index in [0.29, 0.717) is 16.1 Å². The molecule has 188 valence electrons. The molecule has 1 spiro atoms. The van der Waals surface area contributed by atoms with Gasteiger partial charge in [-0.3, -0.25) is 14.9 Å². The van der Waals surface area contributed by atoms with E-state index < -0.39 is 23.2 Å². The fraction of sp³-hybridized carbons (Fsp3) is 0.318. The van der Waals surface area contributed by atoms with E-state index in [-0.39, 0.29) is 47.2 Å². The van der Waals surface area contributed by atoms with Crippen molar-refractivity contribution in [1.29, 1.82) is 0 Å². The van der Waals surface area contributed by atoms with Crippen LogP contribution in [0.2, 0.25) is 0 Å². The van der Waals surface area contributed by atoms with Crippen LogP contribution in [0.5, 0.6) is 17.5 Å². The van der Waals surface area contributed by atoms with Gasteiger partial charge in [-0.2, -0.15) is 13.2 Å². The number of fused-ring (bicyclic) bond motifs is 4. The Hall–Kier alpha value is -3.94. The van der Waals surface area contributed by atoms with E-state index in [1.807, 2.05) is 0 Å². The second kappa shape index (κ2) is 8.33. The first kappa shape index (κ1) is 23.8. The minimum absolute atomic E-state index is 0.00324. The summed E-state index contributed by atoms with van der Waals surface area (Å²) in [5.41, 5.74) is -1.28. The maximum atomic E-state index is 13.3. The van der Waals surface area contributed by atoms with Gasteiger partial charge in [-0.25, -0.2) is 15.0 Å².